The van der Waals surface area contributed by atoms with E-state index in [1.165, 1.54) is 18.4 Å². The highest BCUT2D eigenvalue weighted by molar-refractivity contribution is 5.72. The van der Waals surface area contributed by atoms with Crippen molar-refractivity contribution in [2.24, 2.45) is 5.92 Å². The lowest BCUT2D eigenvalue weighted by Gasteiger charge is -2.27. The number of rotatable bonds is 8. The van der Waals surface area contributed by atoms with Gasteiger partial charge < -0.3 is 4.74 Å². The van der Waals surface area contributed by atoms with E-state index in [9.17, 15) is 0 Å². The quantitative estimate of drug-likeness (QED) is 0.248. The van der Waals surface area contributed by atoms with E-state index in [1.54, 1.807) is 12.1 Å². The first kappa shape index (κ1) is 23.4. The molecule has 0 unspecified atom stereocenters. The van der Waals surface area contributed by atoms with E-state index in [4.69, 9.17) is 4.74 Å². The van der Waals surface area contributed by atoms with Crippen LogP contribution in [-0.2, 0) is 11.3 Å². The topological polar surface area (TPSA) is 9.23 Å². The normalized spacial score (nSPS) is 18.3. The zero-order valence-corrected chi connectivity index (χ0v) is 19.3. The zero-order chi connectivity index (χ0) is 23.2. The average Bonchev–Trinajstić information content (AvgIpc) is 2.87. The first-order chi connectivity index (χ1) is 16.1. The van der Waals surface area contributed by atoms with Gasteiger partial charge in [0.25, 0.3) is 0 Å². The summed E-state index contributed by atoms with van der Waals surface area (Å²) >= 11 is 0. The molecule has 0 bridgehead atoms. The molecule has 0 amide bonds. The Labute approximate surface area is 196 Å². The van der Waals surface area contributed by atoms with Gasteiger partial charge in [0.1, 0.15) is 0 Å². The fraction of sp³-hybridized carbons (Fsp3) is 0.333. The first-order valence-corrected chi connectivity index (χ1v) is 12.0. The van der Waals surface area contributed by atoms with Crippen LogP contribution in [0.25, 0.3) is 22.3 Å². The second kappa shape index (κ2) is 10.9. The highest BCUT2D eigenvalue weighted by atomic mass is 19.2. The maximum absolute atomic E-state index is 15.1. The van der Waals surface area contributed by atoms with Crippen LogP contribution in [0.15, 0.2) is 73.3 Å². The average molecular weight is 447 g/mol. The molecule has 1 aliphatic rings. The van der Waals surface area contributed by atoms with Crippen molar-refractivity contribution in [2.75, 3.05) is 6.61 Å². The molecule has 4 rings (SSSR count). The van der Waals surface area contributed by atoms with Crippen LogP contribution in [0.2, 0.25) is 0 Å². The van der Waals surface area contributed by atoms with Crippen molar-refractivity contribution in [3.05, 3.63) is 96.1 Å². The SMILES string of the molecule is C=C[C@H]1CC[C@H](c2ccc(-c3ccc(-c4ccc(COCCC)cc4)c(F)c3F)cc2)CC1. The molecular formula is C30H32F2O. The van der Waals surface area contributed by atoms with Crippen molar-refractivity contribution < 1.29 is 13.5 Å². The Morgan fingerprint density at radius 1 is 0.818 bits per heavy atom. The van der Waals surface area contributed by atoms with Gasteiger partial charge in [-0.25, -0.2) is 8.78 Å². The van der Waals surface area contributed by atoms with Gasteiger partial charge >= 0.3 is 0 Å². The molecule has 1 nitrogen and oxygen atoms in total. The lowest BCUT2D eigenvalue weighted by atomic mass is 9.78. The molecule has 0 radical (unpaired) electrons. The van der Waals surface area contributed by atoms with Crippen LogP contribution in [0.4, 0.5) is 8.78 Å². The summed E-state index contributed by atoms with van der Waals surface area (Å²) in [6.45, 7) is 7.21. The smallest absolute Gasteiger partial charge is 0.167 e. The number of hydrogen-bond donors (Lipinski definition) is 0. The maximum atomic E-state index is 15.1. The molecule has 33 heavy (non-hydrogen) atoms. The highest BCUT2D eigenvalue weighted by Gasteiger charge is 2.21. The Balaban J connectivity index is 1.50. The predicted octanol–water partition coefficient (Wildman–Crippen LogP) is 8.69. The van der Waals surface area contributed by atoms with E-state index < -0.39 is 11.6 Å². The molecule has 0 saturated heterocycles. The van der Waals surface area contributed by atoms with E-state index in [0.717, 1.165) is 24.8 Å². The van der Waals surface area contributed by atoms with Crippen molar-refractivity contribution in [3.8, 4) is 22.3 Å². The second-order valence-corrected chi connectivity index (χ2v) is 9.01. The molecule has 172 valence electrons. The van der Waals surface area contributed by atoms with Gasteiger partial charge in [-0.2, -0.15) is 0 Å². The van der Waals surface area contributed by atoms with Gasteiger partial charge in [-0.1, -0.05) is 73.7 Å². The van der Waals surface area contributed by atoms with Crippen LogP contribution in [0.3, 0.4) is 0 Å². The van der Waals surface area contributed by atoms with Gasteiger partial charge in [0.2, 0.25) is 0 Å². The van der Waals surface area contributed by atoms with Crippen LogP contribution in [-0.4, -0.2) is 6.61 Å². The minimum Gasteiger partial charge on any atom is -0.377 e. The molecule has 1 saturated carbocycles. The summed E-state index contributed by atoms with van der Waals surface area (Å²) in [6, 6.07) is 18.7. The molecule has 1 fully saturated rings. The second-order valence-electron chi connectivity index (χ2n) is 9.01. The Kier molecular flexibility index (Phi) is 7.72. The van der Waals surface area contributed by atoms with Crippen LogP contribution in [0.1, 0.15) is 56.1 Å². The molecule has 3 heteroatoms. The van der Waals surface area contributed by atoms with E-state index in [1.807, 2.05) is 36.4 Å². The summed E-state index contributed by atoms with van der Waals surface area (Å²) in [5.74, 6) is -0.451. The van der Waals surface area contributed by atoms with E-state index >= 15 is 8.78 Å². The molecule has 0 spiro atoms. The van der Waals surface area contributed by atoms with Gasteiger partial charge in [0.05, 0.1) is 6.61 Å². The lowest BCUT2D eigenvalue weighted by Crippen LogP contribution is -2.11. The molecule has 1 aliphatic carbocycles. The Bertz CT molecular complexity index is 1060. The summed E-state index contributed by atoms with van der Waals surface area (Å²) in [6.07, 6.45) is 7.67. The molecule has 0 heterocycles. The number of ether oxygens (including phenoxy) is 1. The zero-order valence-electron chi connectivity index (χ0n) is 19.3. The Hall–Kier alpha value is -2.78. The Morgan fingerprint density at radius 2 is 1.36 bits per heavy atom. The fourth-order valence-corrected chi connectivity index (χ4v) is 4.73. The molecule has 0 atom stereocenters. The van der Waals surface area contributed by atoms with Crippen molar-refractivity contribution >= 4 is 0 Å². The van der Waals surface area contributed by atoms with Gasteiger partial charge in [-0.05, 0) is 66.2 Å². The van der Waals surface area contributed by atoms with Gasteiger partial charge in [0.15, 0.2) is 11.6 Å². The number of halogens is 2. The van der Waals surface area contributed by atoms with Crippen LogP contribution in [0, 0.1) is 17.6 Å². The lowest BCUT2D eigenvalue weighted by molar-refractivity contribution is 0.121. The largest absolute Gasteiger partial charge is 0.377 e. The molecule has 0 aliphatic heterocycles. The molecule has 0 N–H and O–H groups in total. The minimum atomic E-state index is -0.811. The molecule has 3 aromatic rings. The van der Waals surface area contributed by atoms with Crippen molar-refractivity contribution in [1.29, 1.82) is 0 Å². The number of allylic oxidation sites excluding steroid dienone is 1. The van der Waals surface area contributed by atoms with E-state index in [0.29, 0.717) is 41.7 Å². The minimum absolute atomic E-state index is 0.271. The summed E-state index contributed by atoms with van der Waals surface area (Å²) in [4.78, 5) is 0. The van der Waals surface area contributed by atoms with E-state index in [-0.39, 0.29) is 5.56 Å². The maximum Gasteiger partial charge on any atom is 0.167 e. The van der Waals surface area contributed by atoms with Crippen LogP contribution in [0.5, 0.6) is 0 Å². The van der Waals surface area contributed by atoms with Crippen molar-refractivity contribution in [2.45, 2.75) is 51.6 Å². The monoisotopic (exact) mass is 446 g/mol. The fourth-order valence-electron chi connectivity index (χ4n) is 4.73. The molecule has 0 aromatic heterocycles. The van der Waals surface area contributed by atoms with Crippen molar-refractivity contribution in [3.63, 3.8) is 0 Å². The highest BCUT2D eigenvalue weighted by Crippen LogP contribution is 2.37. The van der Waals surface area contributed by atoms with Crippen LogP contribution >= 0.6 is 0 Å². The van der Waals surface area contributed by atoms with Gasteiger partial charge in [-0.15, -0.1) is 6.58 Å². The van der Waals surface area contributed by atoms with Crippen LogP contribution < -0.4 is 0 Å². The molecular weight excluding hydrogens is 414 g/mol. The summed E-state index contributed by atoms with van der Waals surface area (Å²) in [5.41, 5.74) is 4.22. The standard InChI is InChI=1S/C30H32F2O/c1-3-19-33-20-22-7-11-25(12-8-22)27-17-18-28(30(32)29(27)31)26-15-13-24(14-16-26)23-9-5-21(4-2)6-10-23/h4,7-8,11-18,21,23H,2-3,5-6,9-10,19-20H2,1H3/t21-,23-. The summed E-state index contributed by atoms with van der Waals surface area (Å²) in [5, 5.41) is 0. The summed E-state index contributed by atoms with van der Waals surface area (Å²) in [7, 11) is 0. The van der Waals surface area contributed by atoms with E-state index in [2.05, 4.69) is 31.7 Å². The predicted molar refractivity (Wildman–Crippen MR) is 132 cm³/mol. The summed E-state index contributed by atoms with van der Waals surface area (Å²) < 4.78 is 35.6. The molecule has 3 aromatic carbocycles. The number of hydrogen-bond acceptors (Lipinski definition) is 1. The van der Waals surface area contributed by atoms with Gasteiger partial charge in [-0.3, -0.25) is 0 Å². The third-order valence-electron chi connectivity index (χ3n) is 6.76. The third kappa shape index (κ3) is 5.42. The number of benzene rings is 3. The Morgan fingerprint density at radius 3 is 1.88 bits per heavy atom. The van der Waals surface area contributed by atoms with Gasteiger partial charge in [0, 0.05) is 17.7 Å². The van der Waals surface area contributed by atoms with Crippen molar-refractivity contribution in [1.82, 2.24) is 0 Å². The third-order valence-corrected chi connectivity index (χ3v) is 6.76. The first-order valence-electron chi connectivity index (χ1n) is 12.0.